The molecule has 6 heteroatoms. The second-order valence-electron chi connectivity index (χ2n) is 4.69. The van der Waals surface area contributed by atoms with Gasteiger partial charge in [0, 0.05) is 18.3 Å². The first-order valence-corrected chi connectivity index (χ1v) is 7.37. The summed E-state index contributed by atoms with van der Waals surface area (Å²) in [5, 5.41) is 3.22. The van der Waals surface area contributed by atoms with Crippen molar-refractivity contribution in [2.75, 3.05) is 5.32 Å². The summed E-state index contributed by atoms with van der Waals surface area (Å²) in [6.45, 7) is 0. The number of aromatic nitrogens is 1. The molecular formula is C11H15N3O2S. The highest BCUT2D eigenvalue weighted by Gasteiger charge is 2.28. The van der Waals surface area contributed by atoms with Crippen LogP contribution in [0, 0.1) is 0 Å². The Hall–Kier alpha value is -1.14. The molecule has 92 valence electrons. The van der Waals surface area contributed by atoms with Crippen LogP contribution in [0.1, 0.15) is 25.7 Å². The zero-order chi connectivity index (χ0) is 11.9. The van der Waals surface area contributed by atoms with Crippen molar-refractivity contribution in [3.05, 3.63) is 18.3 Å². The Bertz CT molecular complexity index is 504. The average molecular weight is 253 g/mol. The van der Waals surface area contributed by atoms with Gasteiger partial charge in [-0.15, -0.1) is 0 Å². The van der Waals surface area contributed by atoms with E-state index >= 15 is 0 Å². The SMILES string of the molecule is O=S(=O)(NC1CC1)c1ccc(NC2CC2)nc1. The number of rotatable bonds is 5. The van der Waals surface area contributed by atoms with Gasteiger partial charge in [0.05, 0.1) is 0 Å². The van der Waals surface area contributed by atoms with Gasteiger partial charge in [0.15, 0.2) is 0 Å². The Morgan fingerprint density at radius 3 is 2.35 bits per heavy atom. The van der Waals surface area contributed by atoms with Crippen molar-refractivity contribution in [3.8, 4) is 0 Å². The van der Waals surface area contributed by atoms with Crippen molar-refractivity contribution in [1.29, 1.82) is 0 Å². The molecule has 2 fully saturated rings. The number of hydrogen-bond donors (Lipinski definition) is 2. The van der Waals surface area contributed by atoms with E-state index in [0.717, 1.165) is 18.7 Å². The number of hydrogen-bond acceptors (Lipinski definition) is 4. The fourth-order valence-electron chi connectivity index (χ4n) is 1.55. The first kappa shape index (κ1) is 11.0. The Labute approximate surface area is 101 Å². The number of nitrogens with one attached hydrogen (secondary N) is 2. The normalized spacial score (nSPS) is 20.2. The third-order valence-electron chi connectivity index (χ3n) is 2.88. The minimum absolute atomic E-state index is 0.129. The van der Waals surface area contributed by atoms with Gasteiger partial charge in [-0.2, -0.15) is 0 Å². The van der Waals surface area contributed by atoms with Crippen LogP contribution >= 0.6 is 0 Å². The molecule has 2 aliphatic carbocycles. The molecule has 0 amide bonds. The molecule has 0 atom stereocenters. The zero-order valence-corrected chi connectivity index (χ0v) is 10.2. The molecule has 0 spiro atoms. The predicted molar refractivity (Wildman–Crippen MR) is 64.2 cm³/mol. The molecule has 17 heavy (non-hydrogen) atoms. The summed E-state index contributed by atoms with van der Waals surface area (Å²) in [5.74, 6) is 0.748. The van der Waals surface area contributed by atoms with Crippen LogP contribution in [-0.4, -0.2) is 25.5 Å². The van der Waals surface area contributed by atoms with Crippen LogP contribution in [0.25, 0.3) is 0 Å². The third-order valence-corrected chi connectivity index (χ3v) is 4.38. The van der Waals surface area contributed by atoms with Gasteiger partial charge in [-0.1, -0.05) is 0 Å². The summed E-state index contributed by atoms with van der Waals surface area (Å²) < 4.78 is 26.3. The second kappa shape index (κ2) is 3.96. The summed E-state index contributed by atoms with van der Waals surface area (Å²) in [4.78, 5) is 4.36. The molecule has 5 nitrogen and oxygen atoms in total. The van der Waals surface area contributed by atoms with Gasteiger partial charge in [0.2, 0.25) is 10.0 Å². The molecule has 0 radical (unpaired) electrons. The summed E-state index contributed by atoms with van der Waals surface area (Å²) in [6, 6.07) is 3.97. The van der Waals surface area contributed by atoms with E-state index in [4.69, 9.17) is 0 Å². The highest BCUT2D eigenvalue weighted by molar-refractivity contribution is 7.89. The molecular weight excluding hydrogens is 238 g/mol. The van der Waals surface area contributed by atoms with Crippen molar-refractivity contribution >= 4 is 15.8 Å². The fraction of sp³-hybridized carbons (Fsp3) is 0.545. The van der Waals surface area contributed by atoms with E-state index < -0.39 is 10.0 Å². The third kappa shape index (κ3) is 2.76. The lowest BCUT2D eigenvalue weighted by molar-refractivity contribution is 0.580. The molecule has 0 aromatic carbocycles. The topological polar surface area (TPSA) is 71.1 Å². The molecule has 2 N–H and O–H groups in total. The van der Waals surface area contributed by atoms with Crippen LogP contribution in [0.3, 0.4) is 0 Å². The highest BCUT2D eigenvalue weighted by atomic mass is 32.2. The largest absolute Gasteiger partial charge is 0.367 e. The molecule has 0 unspecified atom stereocenters. The molecule has 1 heterocycles. The number of nitrogens with zero attached hydrogens (tertiary/aromatic N) is 1. The van der Waals surface area contributed by atoms with Gasteiger partial charge < -0.3 is 5.32 Å². The minimum Gasteiger partial charge on any atom is -0.367 e. The Balaban J connectivity index is 1.73. The Morgan fingerprint density at radius 1 is 1.12 bits per heavy atom. The van der Waals surface area contributed by atoms with Crippen LogP contribution in [0.5, 0.6) is 0 Å². The van der Waals surface area contributed by atoms with Crippen LogP contribution in [0.4, 0.5) is 5.82 Å². The van der Waals surface area contributed by atoms with Crippen LogP contribution in [-0.2, 0) is 10.0 Å². The van der Waals surface area contributed by atoms with Crippen molar-refractivity contribution in [3.63, 3.8) is 0 Å². The van der Waals surface area contributed by atoms with Gasteiger partial charge in [0.25, 0.3) is 0 Å². The molecule has 0 bridgehead atoms. The lowest BCUT2D eigenvalue weighted by Crippen LogP contribution is -2.25. The van der Waals surface area contributed by atoms with Gasteiger partial charge in [-0.3, -0.25) is 0 Å². The molecule has 2 saturated carbocycles. The van der Waals surface area contributed by atoms with Gasteiger partial charge >= 0.3 is 0 Å². The van der Waals surface area contributed by atoms with E-state index in [1.54, 1.807) is 12.1 Å². The highest BCUT2D eigenvalue weighted by Crippen LogP contribution is 2.25. The number of sulfonamides is 1. The monoisotopic (exact) mass is 253 g/mol. The molecule has 0 aliphatic heterocycles. The van der Waals surface area contributed by atoms with Crippen molar-refractivity contribution < 1.29 is 8.42 Å². The molecule has 1 aromatic rings. The smallest absolute Gasteiger partial charge is 0.242 e. The van der Waals surface area contributed by atoms with E-state index in [-0.39, 0.29) is 10.9 Å². The summed E-state index contributed by atoms with van der Waals surface area (Å²) in [5.41, 5.74) is 0. The maximum atomic E-state index is 11.9. The average Bonchev–Trinajstić information content (AvgIpc) is 3.15. The standard InChI is InChI=1S/C11H15N3O2S/c15-17(16,14-9-3-4-9)10-5-6-11(12-7-10)13-8-1-2-8/h5-9,14H,1-4H2,(H,12,13). The summed E-state index contributed by atoms with van der Waals surface area (Å²) in [6.07, 6.45) is 5.63. The second-order valence-corrected chi connectivity index (χ2v) is 6.41. The van der Waals surface area contributed by atoms with E-state index in [9.17, 15) is 8.42 Å². The van der Waals surface area contributed by atoms with Crippen molar-refractivity contribution in [1.82, 2.24) is 9.71 Å². The van der Waals surface area contributed by atoms with Crippen LogP contribution in [0.15, 0.2) is 23.2 Å². The van der Waals surface area contributed by atoms with Crippen molar-refractivity contribution in [2.24, 2.45) is 0 Å². The van der Waals surface area contributed by atoms with Crippen molar-refractivity contribution in [2.45, 2.75) is 42.7 Å². The van der Waals surface area contributed by atoms with Crippen LogP contribution < -0.4 is 10.0 Å². The lowest BCUT2D eigenvalue weighted by atomic mass is 10.4. The fourth-order valence-corrected chi connectivity index (χ4v) is 2.80. The first-order chi connectivity index (χ1) is 8.13. The quantitative estimate of drug-likeness (QED) is 0.824. The summed E-state index contributed by atoms with van der Waals surface area (Å²) >= 11 is 0. The molecule has 1 aromatic heterocycles. The number of pyridine rings is 1. The Morgan fingerprint density at radius 2 is 1.82 bits per heavy atom. The van der Waals surface area contributed by atoms with E-state index in [2.05, 4.69) is 15.0 Å². The van der Waals surface area contributed by atoms with E-state index in [1.165, 1.54) is 19.0 Å². The molecule has 2 aliphatic rings. The summed E-state index contributed by atoms with van der Waals surface area (Å²) in [7, 11) is -3.37. The molecule has 0 saturated heterocycles. The zero-order valence-electron chi connectivity index (χ0n) is 9.39. The van der Waals surface area contributed by atoms with E-state index in [0.29, 0.717) is 6.04 Å². The van der Waals surface area contributed by atoms with Gasteiger partial charge in [-0.25, -0.2) is 18.1 Å². The molecule has 3 rings (SSSR count). The minimum atomic E-state index is -3.37. The maximum absolute atomic E-state index is 11.9. The first-order valence-electron chi connectivity index (χ1n) is 5.88. The van der Waals surface area contributed by atoms with Gasteiger partial charge in [-0.05, 0) is 37.8 Å². The van der Waals surface area contributed by atoms with Gasteiger partial charge in [0.1, 0.15) is 10.7 Å². The number of anilines is 1. The van der Waals surface area contributed by atoms with Crippen LogP contribution in [0.2, 0.25) is 0 Å². The van der Waals surface area contributed by atoms with E-state index in [1.807, 2.05) is 0 Å². The maximum Gasteiger partial charge on any atom is 0.242 e. The predicted octanol–water partition coefficient (Wildman–Crippen LogP) is 1.10. The lowest BCUT2D eigenvalue weighted by Gasteiger charge is -2.06. The Kier molecular flexibility index (Phi) is 2.56.